The molecule has 1 aromatic heterocycles. The highest BCUT2D eigenvalue weighted by Gasteiger charge is 2.35. The number of pyridine rings is 1. The molecule has 1 saturated carbocycles. The Kier molecular flexibility index (Phi) is 11.2. The lowest BCUT2D eigenvalue weighted by Gasteiger charge is -2.35. The van der Waals surface area contributed by atoms with Gasteiger partial charge in [0.25, 0.3) is 5.91 Å². The molecule has 2 rings (SSSR count). The van der Waals surface area contributed by atoms with Crippen LogP contribution in [0.3, 0.4) is 0 Å². The molecule has 35 heavy (non-hydrogen) atoms. The summed E-state index contributed by atoms with van der Waals surface area (Å²) >= 11 is 0. The molecule has 1 aromatic rings. The third kappa shape index (κ3) is 8.39. The van der Waals surface area contributed by atoms with Crippen LogP contribution in [-0.4, -0.2) is 40.4 Å². The number of hydrogen-bond acceptors (Lipinski definition) is 4. The summed E-state index contributed by atoms with van der Waals surface area (Å²) in [6, 6.07) is 4.44. The van der Waals surface area contributed by atoms with E-state index in [0.717, 1.165) is 36.8 Å². The van der Waals surface area contributed by atoms with Crippen molar-refractivity contribution in [1.82, 2.24) is 15.2 Å². The van der Waals surface area contributed by atoms with Gasteiger partial charge in [0.1, 0.15) is 6.04 Å². The zero-order valence-corrected chi connectivity index (χ0v) is 21.5. The molecule has 6 heteroatoms. The molecule has 0 aliphatic heterocycles. The van der Waals surface area contributed by atoms with Gasteiger partial charge >= 0.3 is 0 Å². The molecular formula is C29H39N3O3. The first-order valence-corrected chi connectivity index (χ1v) is 12.2. The van der Waals surface area contributed by atoms with Gasteiger partial charge in [-0.2, -0.15) is 0 Å². The molecule has 0 radical (unpaired) electrons. The van der Waals surface area contributed by atoms with Crippen molar-refractivity contribution < 1.29 is 14.3 Å². The normalized spacial score (nSPS) is 15.3. The minimum atomic E-state index is -0.902. The Morgan fingerprint density at radius 3 is 2.49 bits per heavy atom. The lowest BCUT2D eigenvalue weighted by molar-refractivity contribution is -0.138. The summed E-state index contributed by atoms with van der Waals surface area (Å²) < 4.78 is 5.69. The van der Waals surface area contributed by atoms with Gasteiger partial charge in [0.15, 0.2) is 6.61 Å². The van der Waals surface area contributed by atoms with Crippen molar-refractivity contribution in [2.75, 3.05) is 6.61 Å². The summed E-state index contributed by atoms with van der Waals surface area (Å²) in [6.07, 6.45) is 13.9. The van der Waals surface area contributed by atoms with E-state index in [2.05, 4.69) is 23.5 Å². The van der Waals surface area contributed by atoms with Crippen LogP contribution >= 0.6 is 0 Å². The van der Waals surface area contributed by atoms with Crippen molar-refractivity contribution in [3.8, 4) is 5.88 Å². The Balaban J connectivity index is 2.54. The van der Waals surface area contributed by atoms with Crippen molar-refractivity contribution in [2.45, 2.75) is 71.9 Å². The quantitative estimate of drug-likeness (QED) is 0.417. The van der Waals surface area contributed by atoms with Crippen LogP contribution in [0.2, 0.25) is 0 Å². The highest BCUT2D eigenvalue weighted by Crippen LogP contribution is 2.25. The zero-order valence-electron chi connectivity index (χ0n) is 21.5. The summed E-state index contributed by atoms with van der Waals surface area (Å²) in [5.41, 5.74) is 2.90. The Bertz CT molecular complexity index is 982. The Hall–Kier alpha value is -3.41. The lowest BCUT2D eigenvalue weighted by atomic mass is 9.93. The molecule has 1 N–H and O–H groups in total. The van der Waals surface area contributed by atoms with Crippen LogP contribution in [0.1, 0.15) is 59.8 Å². The average molecular weight is 478 g/mol. The van der Waals surface area contributed by atoms with E-state index < -0.39 is 6.04 Å². The van der Waals surface area contributed by atoms with E-state index in [9.17, 15) is 9.59 Å². The fourth-order valence-corrected chi connectivity index (χ4v) is 4.21. The number of allylic oxidation sites excluding steroid dienone is 5. The van der Waals surface area contributed by atoms with Crippen LogP contribution in [0, 0.1) is 0 Å². The topological polar surface area (TPSA) is 71.5 Å². The number of nitrogens with one attached hydrogen (secondary N) is 1. The SMILES string of the molecule is C=CC(=C(C)C)C(C(=O)NC1CCCCC1)N(C(=O)COc1ccccn1)C(C=CC)=CC(=C)C. The van der Waals surface area contributed by atoms with E-state index in [1.165, 1.54) is 11.3 Å². The molecule has 2 amide bonds. The highest BCUT2D eigenvalue weighted by atomic mass is 16.5. The number of nitrogens with zero attached hydrogens (tertiary/aromatic N) is 2. The van der Waals surface area contributed by atoms with Crippen LogP contribution in [0.4, 0.5) is 0 Å². The summed E-state index contributed by atoms with van der Waals surface area (Å²) in [5.74, 6) is -0.256. The number of rotatable bonds is 11. The predicted octanol–water partition coefficient (Wildman–Crippen LogP) is 5.67. The van der Waals surface area contributed by atoms with Crippen molar-refractivity contribution >= 4 is 11.8 Å². The molecule has 1 atom stereocenters. The molecule has 6 nitrogen and oxygen atoms in total. The largest absolute Gasteiger partial charge is 0.468 e. The minimum absolute atomic E-state index is 0.0963. The second-order valence-electron chi connectivity index (χ2n) is 9.04. The fraction of sp³-hybridized carbons (Fsp3) is 0.414. The van der Waals surface area contributed by atoms with Gasteiger partial charge in [-0.1, -0.05) is 61.8 Å². The van der Waals surface area contributed by atoms with E-state index in [-0.39, 0.29) is 24.5 Å². The summed E-state index contributed by atoms with van der Waals surface area (Å²) in [6.45, 7) is 15.2. The van der Waals surface area contributed by atoms with Gasteiger partial charge < -0.3 is 10.1 Å². The van der Waals surface area contributed by atoms with Crippen molar-refractivity contribution in [2.24, 2.45) is 0 Å². The smallest absolute Gasteiger partial charge is 0.265 e. The van der Waals surface area contributed by atoms with Crippen LogP contribution in [0.5, 0.6) is 5.88 Å². The number of ether oxygens (including phenoxy) is 1. The molecule has 0 spiro atoms. The van der Waals surface area contributed by atoms with Crippen LogP contribution in [0.15, 0.2) is 84.3 Å². The Labute approximate surface area is 210 Å². The average Bonchev–Trinajstić information content (AvgIpc) is 2.83. The molecule has 1 heterocycles. The second kappa shape index (κ2) is 14.1. The van der Waals surface area contributed by atoms with E-state index in [1.54, 1.807) is 42.6 Å². The second-order valence-corrected chi connectivity index (χ2v) is 9.04. The van der Waals surface area contributed by atoms with Crippen LogP contribution < -0.4 is 10.1 Å². The Morgan fingerprint density at radius 2 is 1.94 bits per heavy atom. The van der Waals surface area contributed by atoms with E-state index in [4.69, 9.17) is 4.74 Å². The fourth-order valence-electron chi connectivity index (χ4n) is 4.21. The number of carbonyl (C=O) groups excluding carboxylic acids is 2. The lowest BCUT2D eigenvalue weighted by Crippen LogP contribution is -2.53. The maximum Gasteiger partial charge on any atom is 0.265 e. The molecule has 0 bridgehead atoms. The van der Waals surface area contributed by atoms with Gasteiger partial charge in [-0.05, 0) is 64.3 Å². The molecule has 188 valence electrons. The molecule has 1 aliphatic rings. The monoisotopic (exact) mass is 477 g/mol. The first kappa shape index (κ1) is 27.8. The van der Waals surface area contributed by atoms with Crippen molar-refractivity contribution in [3.63, 3.8) is 0 Å². The van der Waals surface area contributed by atoms with Gasteiger partial charge in [0.05, 0.1) is 0 Å². The number of carbonyl (C=O) groups is 2. The first-order valence-electron chi connectivity index (χ1n) is 12.2. The van der Waals surface area contributed by atoms with Crippen LogP contribution in [0.25, 0.3) is 0 Å². The van der Waals surface area contributed by atoms with E-state index in [1.807, 2.05) is 33.8 Å². The minimum Gasteiger partial charge on any atom is -0.468 e. The number of hydrogen-bond donors (Lipinski definition) is 1. The molecule has 1 unspecified atom stereocenters. The first-order chi connectivity index (χ1) is 16.8. The van der Waals surface area contributed by atoms with Crippen molar-refractivity contribution in [3.05, 3.63) is 84.3 Å². The van der Waals surface area contributed by atoms with Crippen molar-refractivity contribution in [1.29, 1.82) is 0 Å². The zero-order chi connectivity index (χ0) is 25.8. The standard InChI is InChI=1S/C29H39N3O3/c1-7-14-24(19-21(3)4)32(27(33)20-35-26-17-12-13-18-30-26)28(25(8-2)22(5)6)29(34)31-23-15-10-9-11-16-23/h7-8,12-14,17-19,23,28H,2-3,9-11,15-16,20H2,1,4-6H3,(H,31,34). The molecular weight excluding hydrogens is 438 g/mol. The third-order valence-corrected chi connectivity index (χ3v) is 5.81. The Morgan fingerprint density at radius 1 is 1.23 bits per heavy atom. The van der Waals surface area contributed by atoms with Gasteiger partial charge in [-0.15, -0.1) is 0 Å². The molecule has 1 aliphatic carbocycles. The predicted molar refractivity (Wildman–Crippen MR) is 142 cm³/mol. The summed E-state index contributed by atoms with van der Waals surface area (Å²) in [4.78, 5) is 33.2. The van der Waals surface area contributed by atoms with Gasteiger partial charge in [0, 0.05) is 24.0 Å². The maximum atomic E-state index is 13.8. The number of amides is 2. The maximum absolute atomic E-state index is 13.8. The number of aromatic nitrogens is 1. The molecule has 1 fully saturated rings. The van der Waals surface area contributed by atoms with Gasteiger partial charge in [-0.3, -0.25) is 14.5 Å². The summed E-state index contributed by atoms with van der Waals surface area (Å²) in [5, 5.41) is 3.21. The molecule has 0 saturated heterocycles. The van der Waals surface area contributed by atoms with E-state index >= 15 is 0 Å². The van der Waals surface area contributed by atoms with Gasteiger partial charge in [0.2, 0.25) is 11.8 Å². The van der Waals surface area contributed by atoms with Crippen LogP contribution in [-0.2, 0) is 9.59 Å². The third-order valence-electron chi connectivity index (χ3n) is 5.81. The van der Waals surface area contributed by atoms with Gasteiger partial charge in [-0.25, -0.2) is 4.98 Å². The molecule has 0 aromatic carbocycles. The van der Waals surface area contributed by atoms with E-state index in [0.29, 0.717) is 17.2 Å². The summed E-state index contributed by atoms with van der Waals surface area (Å²) in [7, 11) is 0. The highest BCUT2D eigenvalue weighted by molar-refractivity contribution is 5.93.